The van der Waals surface area contributed by atoms with Crippen LogP contribution in [0, 0.1) is 5.92 Å². The Kier molecular flexibility index (Phi) is 16.5. The van der Waals surface area contributed by atoms with E-state index in [9.17, 15) is 14.7 Å². The first-order valence-corrected chi connectivity index (χ1v) is 15.6. The standard InChI is InChI=1S/C31H53BN2O6/c1-2-3-4-5-6-7-11-18-28(35)40-31(25-26-14-9-8-10-15-26)19-23-34(24-20-31)22-13-17-27(29(33)30(36)37)16-12-21-32(38)39/h8-10,14-15,27,29,38-39H,2-7,11-13,16-25,33H2,1H3,(H,36,37). The van der Waals surface area contributed by atoms with Crippen LogP contribution < -0.4 is 5.73 Å². The zero-order chi connectivity index (χ0) is 29.2. The number of aliphatic carboxylic acids is 1. The third kappa shape index (κ3) is 13.6. The van der Waals surface area contributed by atoms with Crippen molar-refractivity contribution in [2.75, 3.05) is 19.6 Å². The maximum Gasteiger partial charge on any atom is 0.451 e. The van der Waals surface area contributed by atoms with Gasteiger partial charge in [-0.25, -0.2) is 0 Å². The fourth-order valence-electron chi connectivity index (χ4n) is 5.83. The SMILES string of the molecule is CCCCCCCCCC(=O)OC1(Cc2ccccc2)CCN(CCCC(CCCB(O)O)C(N)C(=O)O)CC1. The van der Waals surface area contributed by atoms with Crippen LogP contribution in [-0.2, 0) is 20.7 Å². The van der Waals surface area contributed by atoms with Gasteiger partial charge in [-0.3, -0.25) is 9.59 Å². The summed E-state index contributed by atoms with van der Waals surface area (Å²) in [7, 11) is -1.38. The quantitative estimate of drug-likeness (QED) is 0.0957. The van der Waals surface area contributed by atoms with Crippen molar-refractivity contribution in [2.45, 2.75) is 121 Å². The summed E-state index contributed by atoms with van der Waals surface area (Å²) in [6, 6.07) is 9.29. The summed E-state index contributed by atoms with van der Waals surface area (Å²) < 4.78 is 6.25. The highest BCUT2D eigenvalue weighted by Crippen LogP contribution is 2.32. The Morgan fingerprint density at radius 2 is 1.60 bits per heavy atom. The van der Waals surface area contributed by atoms with E-state index in [4.69, 9.17) is 20.5 Å². The van der Waals surface area contributed by atoms with Gasteiger partial charge in [0.25, 0.3) is 0 Å². The number of carbonyl (C=O) groups excluding carboxylic acids is 1. The minimum atomic E-state index is -1.38. The normalized spacial score (nSPS) is 16.8. The van der Waals surface area contributed by atoms with Gasteiger partial charge in [-0.2, -0.15) is 0 Å². The van der Waals surface area contributed by atoms with E-state index in [1.807, 2.05) is 18.2 Å². The Morgan fingerprint density at radius 3 is 2.23 bits per heavy atom. The van der Waals surface area contributed by atoms with Crippen molar-refractivity contribution >= 4 is 19.1 Å². The number of nitrogens with zero attached hydrogens (tertiary/aromatic N) is 1. The molecule has 2 atom stereocenters. The maximum atomic E-state index is 12.9. The molecule has 1 aliphatic heterocycles. The van der Waals surface area contributed by atoms with E-state index in [0.717, 1.165) is 58.2 Å². The number of esters is 1. The number of ether oxygens (including phenoxy) is 1. The fraction of sp³-hybridized carbons (Fsp3) is 0.742. The first-order valence-electron chi connectivity index (χ1n) is 15.6. The molecule has 0 amide bonds. The molecule has 5 N–H and O–H groups in total. The number of unbranched alkanes of at least 4 members (excludes halogenated alkanes) is 6. The molecule has 1 aromatic rings. The van der Waals surface area contributed by atoms with Gasteiger partial charge in [0.05, 0.1) is 0 Å². The molecule has 226 valence electrons. The van der Waals surface area contributed by atoms with Crippen LogP contribution in [0.1, 0.15) is 102 Å². The first kappa shape index (κ1) is 34.3. The molecular formula is C31H53BN2O6. The highest BCUT2D eigenvalue weighted by Gasteiger charge is 2.38. The number of carboxylic acid groups (broad SMARTS) is 1. The molecule has 0 bridgehead atoms. The van der Waals surface area contributed by atoms with E-state index in [0.29, 0.717) is 25.7 Å². The van der Waals surface area contributed by atoms with Gasteiger partial charge in [-0.15, -0.1) is 0 Å². The molecule has 0 aromatic heterocycles. The van der Waals surface area contributed by atoms with Crippen molar-refractivity contribution in [3.63, 3.8) is 0 Å². The van der Waals surface area contributed by atoms with E-state index in [1.54, 1.807) is 0 Å². The summed E-state index contributed by atoms with van der Waals surface area (Å²) >= 11 is 0. The van der Waals surface area contributed by atoms with Gasteiger partial charge in [-0.1, -0.05) is 82.2 Å². The monoisotopic (exact) mass is 560 g/mol. The molecule has 1 aromatic carbocycles. The highest BCUT2D eigenvalue weighted by atomic mass is 16.6. The largest absolute Gasteiger partial charge is 0.480 e. The lowest BCUT2D eigenvalue weighted by Crippen LogP contribution is -2.48. The lowest BCUT2D eigenvalue weighted by Gasteiger charge is -2.41. The molecule has 0 radical (unpaired) electrons. The summed E-state index contributed by atoms with van der Waals surface area (Å²) in [5, 5.41) is 27.6. The van der Waals surface area contributed by atoms with Crippen LogP contribution in [0.3, 0.4) is 0 Å². The Morgan fingerprint density at radius 1 is 0.975 bits per heavy atom. The number of hydrogen-bond donors (Lipinski definition) is 4. The van der Waals surface area contributed by atoms with Gasteiger partial charge in [-0.05, 0) is 50.0 Å². The van der Waals surface area contributed by atoms with Gasteiger partial charge < -0.3 is 30.5 Å². The average Bonchev–Trinajstić information content (AvgIpc) is 2.92. The molecule has 8 nitrogen and oxygen atoms in total. The third-order valence-corrected chi connectivity index (χ3v) is 8.33. The van der Waals surface area contributed by atoms with Crippen LogP contribution in [0.4, 0.5) is 0 Å². The Balaban J connectivity index is 1.86. The van der Waals surface area contributed by atoms with Crippen molar-refractivity contribution in [3.05, 3.63) is 35.9 Å². The van der Waals surface area contributed by atoms with E-state index in [2.05, 4.69) is 24.0 Å². The second-order valence-corrected chi connectivity index (χ2v) is 11.7. The second kappa shape index (κ2) is 19.2. The molecule has 0 saturated carbocycles. The van der Waals surface area contributed by atoms with Crippen molar-refractivity contribution < 1.29 is 29.5 Å². The number of rotatable bonds is 21. The zero-order valence-electron chi connectivity index (χ0n) is 24.6. The molecule has 1 aliphatic rings. The van der Waals surface area contributed by atoms with Crippen LogP contribution >= 0.6 is 0 Å². The summed E-state index contributed by atoms with van der Waals surface area (Å²) in [5.74, 6) is -1.31. The van der Waals surface area contributed by atoms with Gasteiger partial charge in [0.15, 0.2) is 0 Å². The number of nitrogens with two attached hydrogens (primary N) is 1. The third-order valence-electron chi connectivity index (χ3n) is 8.33. The van der Waals surface area contributed by atoms with Crippen molar-refractivity contribution in [1.82, 2.24) is 4.90 Å². The predicted molar refractivity (Wildman–Crippen MR) is 160 cm³/mol. The minimum Gasteiger partial charge on any atom is -0.480 e. The number of piperidine rings is 1. The minimum absolute atomic E-state index is 0.0866. The van der Waals surface area contributed by atoms with Crippen LogP contribution in [0.25, 0.3) is 0 Å². The van der Waals surface area contributed by atoms with Crippen LogP contribution in [-0.4, -0.2) is 70.4 Å². The Labute approximate surface area is 241 Å². The Bertz CT molecular complexity index is 832. The van der Waals surface area contributed by atoms with E-state index < -0.39 is 24.7 Å². The molecule has 9 heteroatoms. The summed E-state index contributed by atoms with van der Waals surface area (Å²) in [5.41, 5.74) is 6.62. The average molecular weight is 561 g/mol. The topological polar surface area (TPSA) is 133 Å². The number of carbonyl (C=O) groups is 2. The van der Waals surface area contributed by atoms with Gasteiger partial charge >= 0.3 is 19.1 Å². The molecule has 2 unspecified atom stereocenters. The predicted octanol–water partition coefficient (Wildman–Crippen LogP) is 4.81. The van der Waals surface area contributed by atoms with E-state index >= 15 is 0 Å². The van der Waals surface area contributed by atoms with Gasteiger partial charge in [0.2, 0.25) is 0 Å². The highest BCUT2D eigenvalue weighted by molar-refractivity contribution is 6.40. The van der Waals surface area contributed by atoms with Crippen LogP contribution in [0.5, 0.6) is 0 Å². The molecule has 0 spiro atoms. The lowest BCUT2D eigenvalue weighted by molar-refractivity contribution is -0.165. The number of carboxylic acids is 1. The van der Waals surface area contributed by atoms with Crippen LogP contribution in [0.2, 0.25) is 6.32 Å². The van der Waals surface area contributed by atoms with Crippen molar-refractivity contribution in [1.29, 1.82) is 0 Å². The summed E-state index contributed by atoms with van der Waals surface area (Å²) in [6.07, 6.45) is 13.7. The van der Waals surface area contributed by atoms with Crippen LogP contribution in [0.15, 0.2) is 30.3 Å². The lowest BCUT2D eigenvalue weighted by atomic mass is 9.80. The molecule has 0 aliphatic carbocycles. The summed E-state index contributed by atoms with van der Waals surface area (Å²) in [6.45, 7) is 4.70. The smallest absolute Gasteiger partial charge is 0.451 e. The van der Waals surface area contributed by atoms with E-state index in [1.165, 1.54) is 37.7 Å². The fourth-order valence-corrected chi connectivity index (χ4v) is 5.83. The van der Waals surface area contributed by atoms with Gasteiger partial charge in [0, 0.05) is 38.8 Å². The molecule has 1 fully saturated rings. The Hall–Kier alpha value is -1.94. The molecule has 1 heterocycles. The molecular weight excluding hydrogens is 507 g/mol. The molecule has 40 heavy (non-hydrogen) atoms. The summed E-state index contributed by atoms with van der Waals surface area (Å²) in [4.78, 5) is 26.7. The number of likely N-dealkylation sites (tertiary alicyclic amines) is 1. The van der Waals surface area contributed by atoms with Gasteiger partial charge in [0.1, 0.15) is 11.6 Å². The molecule has 1 saturated heterocycles. The molecule has 2 rings (SSSR count). The van der Waals surface area contributed by atoms with Crippen molar-refractivity contribution in [2.24, 2.45) is 11.7 Å². The number of benzene rings is 1. The van der Waals surface area contributed by atoms with Crippen molar-refractivity contribution in [3.8, 4) is 0 Å². The second-order valence-electron chi connectivity index (χ2n) is 11.7. The van der Waals surface area contributed by atoms with E-state index in [-0.39, 0.29) is 18.2 Å². The zero-order valence-corrected chi connectivity index (χ0v) is 24.6. The maximum absolute atomic E-state index is 12.9. The first-order chi connectivity index (χ1) is 19.2. The number of hydrogen-bond acceptors (Lipinski definition) is 7.